The van der Waals surface area contributed by atoms with Crippen LogP contribution in [-0.2, 0) is 22.6 Å². The van der Waals surface area contributed by atoms with Crippen LogP contribution < -0.4 is 0 Å². The Labute approximate surface area is 170 Å². The Morgan fingerprint density at radius 2 is 1.69 bits per heavy atom. The number of hydrogen-bond donors (Lipinski definition) is 1. The van der Waals surface area contributed by atoms with Gasteiger partial charge in [0.2, 0.25) is 0 Å². The predicted octanol–water partition coefficient (Wildman–Crippen LogP) is 3.71. The third-order valence-electron chi connectivity index (χ3n) is 6.26. The zero-order valence-electron chi connectivity index (χ0n) is 16.3. The lowest BCUT2D eigenvalue weighted by Gasteiger charge is -2.30. The number of benzene rings is 2. The van der Waals surface area contributed by atoms with Gasteiger partial charge in [0.25, 0.3) is 5.91 Å². The van der Waals surface area contributed by atoms with Crippen molar-refractivity contribution in [1.82, 2.24) is 4.90 Å². The minimum Gasteiger partial charge on any atom is -0.481 e. The molecule has 4 rings (SSSR count). The second kappa shape index (κ2) is 8.19. The molecule has 5 heteroatoms. The molecule has 1 amide bonds. The average Bonchev–Trinajstić information content (AvgIpc) is 2.94. The molecule has 0 bridgehead atoms. The molecule has 2 aromatic carbocycles. The topological polar surface area (TPSA) is 74.7 Å². The van der Waals surface area contributed by atoms with E-state index in [9.17, 15) is 19.5 Å². The van der Waals surface area contributed by atoms with E-state index in [1.807, 2.05) is 48.5 Å². The number of rotatable bonds is 5. The van der Waals surface area contributed by atoms with Crippen LogP contribution in [0.5, 0.6) is 0 Å². The van der Waals surface area contributed by atoms with Crippen LogP contribution in [0.25, 0.3) is 0 Å². The normalized spacial score (nSPS) is 22.8. The lowest BCUT2D eigenvalue weighted by molar-refractivity contribution is -0.147. The summed E-state index contributed by atoms with van der Waals surface area (Å²) in [7, 11) is 0. The summed E-state index contributed by atoms with van der Waals surface area (Å²) < 4.78 is 0. The van der Waals surface area contributed by atoms with Crippen molar-refractivity contribution in [3.63, 3.8) is 0 Å². The standard InChI is InChI=1S/C24H25NO4/c26-22-19(20(24(28)29)14-16-8-2-1-3-9-16)12-6-7-13-21(22)25-15-17-10-4-5-11-18(17)23(25)27/h1-5,8-11,19-21H,6-7,12-15H2,(H,28,29)/t19?,20-,21+/m1/s1. The molecule has 1 unspecified atom stereocenters. The molecular weight excluding hydrogens is 366 g/mol. The van der Waals surface area contributed by atoms with Crippen molar-refractivity contribution >= 4 is 17.7 Å². The SMILES string of the molecule is O=C(O)[C@H](Cc1ccccc1)C1CCCC[C@H](N2Cc3ccccc3C2=O)C1=O. The smallest absolute Gasteiger partial charge is 0.307 e. The van der Waals surface area contributed by atoms with Gasteiger partial charge in [-0.2, -0.15) is 0 Å². The zero-order valence-corrected chi connectivity index (χ0v) is 16.3. The van der Waals surface area contributed by atoms with Crippen molar-refractivity contribution in [3.05, 3.63) is 71.3 Å². The summed E-state index contributed by atoms with van der Waals surface area (Å²) in [5.74, 6) is -2.49. The number of carbonyl (C=O) groups excluding carboxylic acids is 2. The number of nitrogens with zero attached hydrogens (tertiary/aromatic N) is 1. The van der Waals surface area contributed by atoms with Crippen molar-refractivity contribution in [2.75, 3.05) is 0 Å². The van der Waals surface area contributed by atoms with Crippen LogP contribution in [0.3, 0.4) is 0 Å². The molecule has 3 atom stereocenters. The summed E-state index contributed by atoms with van der Waals surface area (Å²) >= 11 is 0. The maximum Gasteiger partial charge on any atom is 0.307 e. The van der Waals surface area contributed by atoms with E-state index in [2.05, 4.69) is 0 Å². The lowest BCUT2D eigenvalue weighted by Crippen LogP contribution is -2.45. The van der Waals surface area contributed by atoms with Gasteiger partial charge >= 0.3 is 5.97 Å². The zero-order chi connectivity index (χ0) is 20.4. The van der Waals surface area contributed by atoms with Crippen LogP contribution in [0.4, 0.5) is 0 Å². The Morgan fingerprint density at radius 1 is 1.00 bits per heavy atom. The van der Waals surface area contributed by atoms with Crippen molar-refractivity contribution in [2.24, 2.45) is 11.8 Å². The number of fused-ring (bicyclic) bond motifs is 1. The number of ketones is 1. The third kappa shape index (κ3) is 3.82. The van der Waals surface area contributed by atoms with Gasteiger partial charge in [-0.1, -0.05) is 61.4 Å². The fourth-order valence-corrected chi connectivity index (χ4v) is 4.74. The summed E-state index contributed by atoms with van der Waals surface area (Å²) in [4.78, 5) is 40.2. The molecule has 0 radical (unpaired) electrons. The second-order valence-corrected chi connectivity index (χ2v) is 8.03. The van der Waals surface area contributed by atoms with Gasteiger partial charge in [0.1, 0.15) is 0 Å². The largest absolute Gasteiger partial charge is 0.481 e. The second-order valence-electron chi connectivity index (χ2n) is 8.03. The number of carboxylic acids is 1. The van der Waals surface area contributed by atoms with Gasteiger partial charge in [-0.3, -0.25) is 14.4 Å². The maximum atomic E-state index is 13.5. The molecule has 1 aliphatic carbocycles. The maximum absolute atomic E-state index is 13.5. The van der Waals surface area contributed by atoms with Crippen molar-refractivity contribution < 1.29 is 19.5 Å². The predicted molar refractivity (Wildman–Crippen MR) is 108 cm³/mol. The minimum atomic E-state index is -0.941. The highest BCUT2D eigenvalue weighted by Gasteiger charge is 2.43. The van der Waals surface area contributed by atoms with E-state index in [4.69, 9.17) is 0 Å². The molecule has 1 heterocycles. The summed E-state index contributed by atoms with van der Waals surface area (Å²) in [6.07, 6.45) is 3.12. The Kier molecular flexibility index (Phi) is 5.47. The molecule has 5 nitrogen and oxygen atoms in total. The molecular formula is C24H25NO4. The lowest BCUT2D eigenvalue weighted by atomic mass is 9.80. The fourth-order valence-electron chi connectivity index (χ4n) is 4.74. The van der Waals surface area contributed by atoms with Gasteiger partial charge in [0.15, 0.2) is 5.78 Å². The van der Waals surface area contributed by atoms with E-state index in [0.29, 0.717) is 31.4 Å². The van der Waals surface area contributed by atoms with E-state index in [1.165, 1.54) is 0 Å². The molecule has 29 heavy (non-hydrogen) atoms. The number of carbonyl (C=O) groups is 3. The van der Waals surface area contributed by atoms with Crippen LogP contribution in [0.1, 0.15) is 47.2 Å². The van der Waals surface area contributed by atoms with Gasteiger partial charge in [0, 0.05) is 18.0 Å². The van der Waals surface area contributed by atoms with Gasteiger partial charge in [-0.15, -0.1) is 0 Å². The van der Waals surface area contributed by atoms with Crippen molar-refractivity contribution in [1.29, 1.82) is 0 Å². The fraction of sp³-hybridized carbons (Fsp3) is 0.375. The van der Waals surface area contributed by atoms with Gasteiger partial charge in [-0.05, 0) is 36.5 Å². The van der Waals surface area contributed by atoms with Gasteiger partial charge in [0.05, 0.1) is 12.0 Å². The number of amides is 1. The summed E-state index contributed by atoms with van der Waals surface area (Å²) in [6, 6.07) is 16.4. The van der Waals surface area contributed by atoms with E-state index in [-0.39, 0.29) is 11.7 Å². The molecule has 0 aromatic heterocycles. The highest BCUT2D eigenvalue weighted by atomic mass is 16.4. The van der Waals surface area contributed by atoms with Crippen LogP contribution in [0, 0.1) is 11.8 Å². The molecule has 2 aliphatic rings. The first-order chi connectivity index (χ1) is 14.1. The number of carboxylic acid groups (broad SMARTS) is 1. The number of aliphatic carboxylic acids is 1. The van der Waals surface area contributed by atoms with E-state index >= 15 is 0 Å². The Bertz CT molecular complexity index is 923. The summed E-state index contributed by atoms with van der Waals surface area (Å²) in [5, 5.41) is 9.91. The van der Waals surface area contributed by atoms with E-state index in [1.54, 1.807) is 11.0 Å². The van der Waals surface area contributed by atoms with Crippen LogP contribution in [0.2, 0.25) is 0 Å². The van der Waals surface area contributed by atoms with Crippen LogP contribution >= 0.6 is 0 Å². The Hall–Kier alpha value is -2.95. The van der Waals surface area contributed by atoms with Crippen molar-refractivity contribution in [3.8, 4) is 0 Å². The molecule has 0 spiro atoms. The van der Waals surface area contributed by atoms with Crippen molar-refractivity contribution in [2.45, 2.75) is 44.7 Å². The van der Waals surface area contributed by atoms with Gasteiger partial charge in [-0.25, -0.2) is 0 Å². The third-order valence-corrected chi connectivity index (χ3v) is 6.26. The first-order valence-electron chi connectivity index (χ1n) is 10.3. The van der Waals surface area contributed by atoms with Gasteiger partial charge < -0.3 is 10.0 Å². The van der Waals surface area contributed by atoms with Crippen LogP contribution in [0.15, 0.2) is 54.6 Å². The molecule has 150 valence electrons. The van der Waals surface area contributed by atoms with E-state index in [0.717, 1.165) is 24.0 Å². The first-order valence-corrected chi connectivity index (χ1v) is 10.3. The summed E-state index contributed by atoms with van der Waals surface area (Å²) in [6.45, 7) is 0.425. The number of hydrogen-bond acceptors (Lipinski definition) is 3. The molecule has 1 saturated carbocycles. The van der Waals surface area contributed by atoms with Crippen LogP contribution in [-0.4, -0.2) is 33.7 Å². The summed E-state index contributed by atoms with van der Waals surface area (Å²) in [5.41, 5.74) is 2.50. The number of Topliss-reactive ketones (excluding diaryl/α,β-unsaturated/α-hetero) is 1. The molecule has 1 fully saturated rings. The molecule has 1 aliphatic heterocycles. The highest BCUT2D eigenvalue weighted by molar-refractivity contribution is 6.02. The average molecular weight is 391 g/mol. The Morgan fingerprint density at radius 3 is 2.41 bits per heavy atom. The van der Waals surface area contributed by atoms with E-state index < -0.39 is 23.8 Å². The minimum absolute atomic E-state index is 0.0908. The molecule has 0 saturated heterocycles. The molecule has 2 aromatic rings. The Balaban J connectivity index is 1.59. The quantitative estimate of drug-likeness (QED) is 0.789. The highest BCUT2D eigenvalue weighted by Crippen LogP contribution is 2.34. The monoisotopic (exact) mass is 391 g/mol. The first kappa shape index (κ1) is 19.4. The molecule has 1 N–H and O–H groups in total.